The summed E-state index contributed by atoms with van der Waals surface area (Å²) >= 11 is 12.4. The molecule has 0 radical (unpaired) electrons. The normalized spacial score (nSPS) is 12.4. The van der Waals surface area contributed by atoms with Gasteiger partial charge in [-0.05, 0) is 25.1 Å². The van der Waals surface area contributed by atoms with Gasteiger partial charge in [-0.25, -0.2) is 8.42 Å². The van der Waals surface area contributed by atoms with Crippen LogP contribution in [0, 0.1) is 5.92 Å². The number of hydrogen-bond acceptors (Lipinski definition) is 3. The molecular formula is C14H22Cl2N2O2S. The van der Waals surface area contributed by atoms with Gasteiger partial charge in [-0.1, -0.05) is 44.0 Å². The van der Waals surface area contributed by atoms with E-state index < -0.39 is 10.0 Å². The van der Waals surface area contributed by atoms with E-state index in [1.807, 2.05) is 20.8 Å². The molecule has 0 aromatic heterocycles. The maximum Gasteiger partial charge on any atom is 0.244 e. The van der Waals surface area contributed by atoms with Crippen LogP contribution < -0.4 is 5.32 Å². The van der Waals surface area contributed by atoms with E-state index in [0.29, 0.717) is 30.2 Å². The average molecular weight is 353 g/mol. The van der Waals surface area contributed by atoms with Crippen LogP contribution in [-0.2, 0) is 16.6 Å². The third-order valence-electron chi connectivity index (χ3n) is 3.04. The Bertz CT molecular complexity index is 589. The van der Waals surface area contributed by atoms with Gasteiger partial charge in [0, 0.05) is 30.2 Å². The van der Waals surface area contributed by atoms with E-state index in [2.05, 4.69) is 5.32 Å². The molecule has 1 aromatic rings. The molecule has 0 aliphatic carbocycles. The van der Waals surface area contributed by atoms with Crippen LogP contribution in [0.4, 0.5) is 0 Å². The lowest BCUT2D eigenvalue weighted by molar-refractivity contribution is 0.381. The fraction of sp³-hybridized carbons (Fsp3) is 0.571. The molecule has 0 unspecified atom stereocenters. The molecule has 0 saturated heterocycles. The molecule has 4 nitrogen and oxygen atoms in total. The zero-order valence-corrected chi connectivity index (χ0v) is 15.1. The molecule has 1 rings (SSSR count). The molecule has 0 atom stereocenters. The minimum atomic E-state index is -3.62. The SMILES string of the molecule is CCN(CC(C)C)S(=O)(=O)c1ccc(Cl)c(CNC)c1Cl. The first-order chi connectivity index (χ1) is 9.75. The number of hydrogen-bond donors (Lipinski definition) is 1. The molecule has 7 heteroatoms. The predicted molar refractivity (Wildman–Crippen MR) is 88.5 cm³/mol. The summed E-state index contributed by atoms with van der Waals surface area (Å²) in [5.41, 5.74) is 0.600. The Balaban J connectivity index is 3.34. The van der Waals surface area contributed by atoms with Gasteiger partial charge in [-0.15, -0.1) is 0 Å². The highest BCUT2D eigenvalue weighted by atomic mass is 35.5. The summed E-state index contributed by atoms with van der Waals surface area (Å²) in [5.74, 6) is 0.238. The van der Waals surface area contributed by atoms with Crippen molar-refractivity contribution < 1.29 is 8.42 Å². The number of nitrogens with one attached hydrogen (secondary N) is 1. The molecule has 0 saturated carbocycles. The smallest absolute Gasteiger partial charge is 0.244 e. The van der Waals surface area contributed by atoms with E-state index in [-0.39, 0.29) is 15.8 Å². The summed E-state index contributed by atoms with van der Waals surface area (Å²) in [4.78, 5) is 0.112. The molecule has 1 N–H and O–H groups in total. The lowest BCUT2D eigenvalue weighted by atomic mass is 10.2. The molecule has 0 amide bonds. The van der Waals surface area contributed by atoms with Crippen LogP contribution in [0.15, 0.2) is 17.0 Å². The zero-order valence-electron chi connectivity index (χ0n) is 12.8. The van der Waals surface area contributed by atoms with Gasteiger partial charge >= 0.3 is 0 Å². The summed E-state index contributed by atoms with van der Waals surface area (Å²) in [5, 5.41) is 3.59. The maximum absolute atomic E-state index is 12.8. The van der Waals surface area contributed by atoms with Crippen LogP contribution in [0.25, 0.3) is 0 Å². The Morgan fingerprint density at radius 2 is 1.90 bits per heavy atom. The molecular weight excluding hydrogens is 331 g/mol. The van der Waals surface area contributed by atoms with Gasteiger partial charge in [0.25, 0.3) is 0 Å². The van der Waals surface area contributed by atoms with Gasteiger partial charge in [-0.2, -0.15) is 4.31 Å². The van der Waals surface area contributed by atoms with Crippen LogP contribution in [0.3, 0.4) is 0 Å². The van der Waals surface area contributed by atoms with E-state index in [1.165, 1.54) is 10.4 Å². The number of nitrogens with zero attached hydrogens (tertiary/aromatic N) is 1. The van der Waals surface area contributed by atoms with E-state index in [1.54, 1.807) is 13.1 Å². The standard InChI is InChI=1S/C14H22Cl2N2O2S/c1-5-18(9-10(2)3)21(19,20)13-7-6-12(15)11(8-17-4)14(13)16/h6-7,10,17H,5,8-9H2,1-4H3. The van der Waals surface area contributed by atoms with Crippen LogP contribution in [-0.4, -0.2) is 32.9 Å². The Morgan fingerprint density at radius 3 is 2.38 bits per heavy atom. The lowest BCUT2D eigenvalue weighted by Crippen LogP contribution is -2.34. The number of sulfonamides is 1. The summed E-state index contributed by atoms with van der Waals surface area (Å²) < 4.78 is 27.0. The third kappa shape index (κ3) is 4.33. The van der Waals surface area contributed by atoms with E-state index in [4.69, 9.17) is 23.2 Å². The second-order valence-corrected chi connectivity index (χ2v) is 7.91. The van der Waals surface area contributed by atoms with Crippen molar-refractivity contribution in [3.8, 4) is 0 Å². The second kappa shape index (κ2) is 7.79. The highest BCUT2D eigenvalue weighted by Crippen LogP contribution is 2.32. The Labute approximate surface area is 137 Å². The first-order valence-corrected chi connectivity index (χ1v) is 9.06. The Morgan fingerprint density at radius 1 is 1.29 bits per heavy atom. The first-order valence-electron chi connectivity index (χ1n) is 6.87. The third-order valence-corrected chi connectivity index (χ3v) is 5.92. The molecule has 0 aliphatic rings. The van der Waals surface area contributed by atoms with Crippen molar-refractivity contribution in [2.45, 2.75) is 32.2 Å². The fourth-order valence-electron chi connectivity index (χ4n) is 2.06. The van der Waals surface area contributed by atoms with Gasteiger partial charge < -0.3 is 5.32 Å². The average Bonchev–Trinajstić information content (AvgIpc) is 2.40. The highest BCUT2D eigenvalue weighted by molar-refractivity contribution is 7.89. The second-order valence-electron chi connectivity index (χ2n) is 5.22. The van der Waals surface area contributed by atoms with E-state index in [9.17, 15) is 8.42 Å². The number of rotatable bonds is 7. The minimum Gasteiger partial charge on any atom is -0.316 e. The first kappa shape index (κ1) is 18.7. The van der Waals surface area contributed by atoms with Crippen molar-refractivity contribution >= 4 is 33.2 Å². The Hall–Kier alpha value is -0.330. The molecule has 0 fully saturated rings. The molecule has 1 aromatic carbocycles. The van der Waals surface area contributed by atoms with Gasteiger partial charge in [0.15, 0.2) is 0 Å². The molecule has 0 bridgehead atoms. The summed E-state index contributed by atoms with van der Waals surface area (Å²) in [6.07, 6.45) is 0. The molecule has 120 valence electrons. The van der Waals surface area contributed by atoms with E-state index in [0.717, 1.165) is 0 Å². The summed E-state index contributed by atoms with van der Waals surface area (Å²) in [7, 11) is -1.86. The number of halogens is 2. The molecule has 0 aliphatic heterocycles. The van der Waals surface area contributed by atoms with Crippen LogP contribution in [0.5, 0.6) is 0 Å². The van der Waals surface area contributed by atoms with Gasteiger partial charge in [0.05, 0.1) is 5.02 Å². The van der Waals surface area contributed by atoms with Crippen molar-refractivity contribution in [2.24, 2.45) is 5.92 Å². The largest absolute Gasteiger partial charge is 0.316 e. The molecule has 0 spiro atoms. The Kier molecular flexibility index (Phi) is 6.94. The quantitative estimate of drug-likeness (QED) is 0.818. The van der Waals surface area contributed by atoms with Crippen molar-refractivity contribution in [3.05, 3.63) is 27.7 Å². The molecule has 0 heterocycles. The van der Waals surface area contributed by atoms with Crippen LogP contribution in [0.2, 0.25) is 10.0 Å². The minimum absolute atomic E-state index is 0.112. The van der Waals surface area contributed by atoms with Gasteiger partial charge in [0.2, 0.25) is 10.0 Å². The van der Waals surface area contributed by atoms with Crippen molar-refractivity contribution in [3.63, 3.8) is 0 Å². The zero-order chi connectivity index (χ0) is 16.2. The number of benzene rings is 1. The van der Waals surface area contributed by atoms with Gasteiger partial charge in [-0.3, -0.25) is 0 Å². The summed E-state index contributed by atoms with van der Waals surface area (Å²) in [6, 6.07) is 3.05. The lowest BCUT2D eigenvalue weighted by Gasteiger charge is -2.23. The highest BCUT2D eigenvalue weighted by Gasteiger charge is 2.27. The van der Waals surface area contributed by atoms with Crippen LogP contribution >= 0.6 is 23.2 Å². The van der Waals surface area contributed by atoms with Crippen molar-refractivity contribution in [2.75, 3.05) is 20.1 Å². The van der Waals surface area contributed by atoms with Crippen LogP contribution in [0.1, 0.15) is 26.3 Å². The topological polar surface area (TPSA) is 49.4 Å². The van der Waals surface area contributed by atoms with Crippen molar-refractivity contribution in [1.82, 2.24) is 9.62 Å². The predicted octanol–water partition coefficient (Wildman–Crippen LogP) is 3.38. The monoisotopic (exact) mass is 352 g/mol. The maximum atomic E-state index is 12.8. The molecule has 21 heavy (non-hydrogen) atoms. The van der Waals surface area contributed by atoms with Gasteiger partial charge in [0.1, 0.15) is 4.90 Å². The van der Waals surface area contributed by atoms with Crippen molar-refractivity contribution in [1.29, 1.82) is 0 Å². The summed E-state index contributed by atoms with van der Waals surface area (Å²) in [6.45, 7) is 7.05. The van der Waals surface area contributed by atoms with E-state index >= 15 is 0 Å². The fourth-order valence-corrected chi connectivity index (χ4v) is 4.56.